The van der Waals surface area contributed by atoms with Crippen molar-refractivity contribution in [2.75, 3.05) is 0 Å². The van der Waals surface area contributed by atoms with Crippen molar-refractivity contribution in [3.63, 3.8) is 0 Å². The zero-order valence-electron chi connectivity index (χ0n) is 28.5. The zero-order valence-corrected chi connectivity index (χ0v) is 28.5. The smallest absolute Gasteiger partial charge is 0.330 e. The summed E-state index contributed by atoms with van der Waals surface area (Å²) >= 11 is 0. The molecule has 0 unspecified atom stereocenters. The number of Topliss-reactive ketones (excluding diaryl/α,β-unsaturated/α-hetero) is 2. The van der Waals surface area contributed by atoms with Gasteiger partial charge in [-0.2, -0.15) is 0 Å². The number of carboxylic acids is 1. The number of carboxylic acid groups (broad SMARTS) is 1. The molecule has 4 bridgehead atoms. The van der Waals surface area contributed by atoms with Gasteiger partial charge in [0.15, 0.2) is 22.8 Å². The molecule has 47 heavy (non-hydrogen) atoms. The normalized spacial score (nSPS) is 34.1. The van der Waals surface area contributed by atoms with Crippen molar-refractivity contribution in [2.24, 2.45) is 17.8 Å². The third-order valence-electron chi connectivity index (χ3n) is 11.1. The molecule has 7 rings (SSSR count). The number of allylic oxidation sites excluding steroid dienone is 4. The lowest BCUT2D eigenvalue weighted by Crippen LogP contribution is -2.80. The second-order valence-electron chi connectivity index (χ2n) is 15.2. The van der Waals surface area contributed by atoms with Gasteiger partial charge in [-0.15, -0.1) is 0 Å². The molecule has 1 saturated heterocycles. The molecule has 1 aromatic rings. The summed E-state index contributed by atoms with van der Waals surface area (Å²) in [6.07, 6.45) is 9.79. The number of hydrogen-bond acceptors (Lipinski definition) is 8. The van der Waals surface area contributed by atoms with Crippen LogP contribution in [0.3, 0.4) is 0 Å². The molecule has 1 spiro atoms. The highest BCUT2D eigenvalue weighted by molar-refractivity contribution is 6.10. The first-order valence-electron chi connectivity index (χ1n) is 16.5. The Morgan fingerprint density at radius 2 is 1.68 bits per heavy atom. The summed E-state index contributed by atoms with van der Waals surface area (Å²) in [6.45, 7) is 15.1. The van der Waals surface area contributed by atoms with Crippen molar-refractivity contribution in [1.82, 2.24) is 0 Å². The van der Waals surface area contributed by atoms with Crippen LogP contribution in [-0.2, 0) is 20.7 Å². The number of aromatic hydroxyl groups is 1. The van der Waals surface area contributed by atoms with Crippen LogP contribution in [0.5, 0.6) is 17.2 Å². The summed E-state index contributed by atoms with van der Waals surface area (Å²) < 4.78 is 20.5. The molecule has 7 atom stereocenters. The molecule has 252 valence electrons. The van der Waals surface area contributed by atoms with Crippen LogP contribution in [-0.4, -0.2) is 61.4 Å². The second-order valence-corrected chi connectivity index (χ2v) is 15.2. The van der Waals surface area contributed by atoms with Crippen molar-refractivity contribution in [3.8, 4) is 17.2 Å². The fourth-order valence-electron chi connectivity index (χ4n) is 8.76. The van der Waals surface area contributed by atoms with E-state index in [0.717, 1.165) is 12.0 Å². The minimum absolute atomic E-state index is 0.0260. The van der Waals surface area contributed by atoms with Crippen LogP contribution in [0, 0.1) is 17.8 Å². The lowest BCUT2D eigenvalue weighted by molar-refractivity contribution is -0.220. The molecule has 6 aliphatic rings. The molecule has 0 aromatic heterocycles. The van der Waals surface area contributed by atoms with Gasteiger partial charge in [0.25, 0.3) is 0 Å². The molecule has 9 nitrogen and oxygen atoms in total. The number of phenolic OH excluding ortho intramolecular Hbond substituents is 1. The summed E-state index contributed by atoms with van der Waals surface area (Å²) in [5.74, 6) is -4.44. The molecule has 0 radical (unpaired) electrons. The SMILES string of the molecule is CC(C)=CCC[C@]1(C)C=Cc2c(O)c3c(c(CC=C(C)C)c2O1)O[C@@]12[C@H](C3=O)[C@H](O)[C@H]3C[C@@H]1C(C)(C)O[C@]2(C/C=C(/C)C(=O)O)C3=O. The van der Waals surface area contributed by atoms with Crippen LogP contribution in [0.15, 0.2) is 41.0 Å². The molecule has 0 amide bonds. The first-order chi connectivity index (χ1) is 21.9. The number of rotatable bonds is 8. The van der Waals surface area contributed by atoms with Crippen LogP contribution < -0.4 is 9.47 Å². The predicted octanol–water partition coefficient (Wildman–Crippen LogP) is 6.29. The minimum atomic E-state index is -1.74. The van der Waals surface area contributed by atoms with Gasteiger partial charge < -0.3 is 29.5 Å². The third-order valence-corrected chi connectivity index (χ3v) is 11.1. The number of fused-ring (bicyclic) bond motifs is 2. The molecule has 9 heteroatoms. The maximum Gasteiger partial charge on any atom is 0.330 e. The Morgan fingerprint density at radius 3 is 2.32 bits per heavy atom. The molecular weight excluding hydrogens is 600 g/mol. The lowest BCUT2D eigenvalue weighted by atomic mass is 9.45. The van der Waals surface area contributed by atoms with Crippen LogP contribution in [0.4, 0.5) is 0 Å². The zero-order chi connectivity index (χ0) is 34.4. The van der Waals surface area contributed by atoms with Gasteiger partial charge in [-0.25, -0.2) is 4.79 Å². The topological polar surface area (TPSA) is 140 Å². The van der Waals surface area contributed by atoms with Crippen molar-refractivity contribution in [3.05, 3.63) is 57.7 Å². The Balaban J connectivity index is 1.60. The highest BCUT2D eigenvalue weighted by Crippen LogP contribution is 2.70. The predicted molar refractivity (Wildman–Crippen MR) is 176 cm³/mol. The Hall–Kier alpha value is -3.69. The maximum absolute atomic E-state index is 14.8. The van der Waals surface area contributed by atoms with E-state index in [0.29, 0.717) is 29.7 Å². The highest BCUT2D eigenvalue weighted by Gasteiger charge is 2.85. The van der Waals surface area contributed by atoms with E-state index in [-0.39, 0.29) is 35.5 Å². The van der Waals surface area contributed by atoms with E-state index in [1.807, 2.05) is 60.6 Å². The van der Waals surface area contributed by atoms with Gasteiger partial charge in [0.1, 0.15) is 28.4 Å². The standard InChI is InChI=1S/C38H46O9/c1-19(2)10-9-15-36(8)16-14-22-28(39)26-30(41)27-29(40)24-18-25-35(6,7)47-37(33(24)42,17-13-21(5)34(43)44)38(25,27)46-32(26)23(31(22)45-36)12-11-20(3)4/h10-11,13-14,16,24-25,27,29,39-40H,9,12,15,17-18H2,1-8H3,(H,43,44)/b21-13-/t24-,25-,27+,29-,36-,37-,38-/m1/s1. The van der Waals surface area contributed by atoms with Gasteiger partial charge in [0, 0.05) is 29.4 Å². The number of phenols is 1. The van der Waals surface area contributed by atoms with E-state index < -0.39 is 63.8 Å². The van der Waals surface area contributed by atoms with Crippen LogP contribution in [0.2, 0.25) is 0 Å². The summed E-state index contributed by atoms with van der Waals surface area (Å²) in [5.41, 5.74) is -1.91. The molecule has 4 fully saturated rings. The Morgan fingerprint density at radius 1 is 1.00 bits per heavy atom. The number of ether oxygens (including phenoxy) is 3. The summed E-state index contributed by atoms with van der Waals surface area (Å²) in [5, 5.41) is 33.2. The van der Waals surface area contributed by atoms with Crippen molar-refractivity contribution in [1.29, 1.82) is 0 Å². The largest absolute Gasteiger partial charge is 0.506 e. The maximum atomic E-state index is 14.8. The number of ketones is 2. The number of carbonyl (C=O) groups excluding carboxylic acids is 2. The van der Waals surface area contributed by atoms with Crippen molar-refractivity contribution < 1.29 is 43.9 Å². The molecule has 3 aliphatic heterocycles. The first kappa shape index (κ1) is 33.2. The van der Waals surface area contributed by atoms with Crippen LogP contribution in [0.25, 0.3) is 6.08 Å². The van der Waals surface area contributed by atoms with Crippen molar-refractivity contribution >= 4 is 23.6 Å². The number of benzene rings is 1. The van der Waals surface area contributed by atoms with Gasteiger partial charge in [-0.3, -0.25) is 9.59 Å². The molecule has 3 aliphatic carbocycles. The molecule has 3 heterocycles. The third kappa shape index (κ3) is 4.67. The van der Waals surface area contributed by atoms with Gasteiger partial charge >= 0.3 is 5.97 Å². The van der Waals surface area contributed by atoms with Crippen LogP contribution >= 0.6 is 0 Å². The summed E-state index contributed by atoms with van der Waals surface area (Å²) in [6, 6.07) is 0. The lowest BCUT2D eigenvalue weighted by Gasteiger charge is -2.62. The van der Waals surface area contributed by atoms with E-state index in [4.69, 9.17) is 14.2 Å². The van der Waals surface area contributed by atoms with E-state index in [1.54, 1.807) is 6.08 Å². The molecule has 1 aromatic carbocycles. The fourth-order valence-corrected chi connectivity index (χ4v) is 8.76. The molecule has 3 saturated carbocycles. The summed E-state index contributed by atoms with van der Waals surface area (Å²) in [7, 11) is 0. The number of carbonyl (C=O) groups is 3. The summed E-state index contributed by atoms with van der Waals surface area (Å²) in [4.78, 5) is 41.1. The van der Waals surface area contributed by atoms with E-state index in [1.165, 1.54) is 18.6 Å². The van der Waals surface area contributed by atoms with E-state index in [9.17, 15) is 29.7 Å². The number of aliphatic hydroxyl groups excluding tert-OH is 1. The monoisotopic (exact) mass is 646 g/mol. The Bertz CT molecular complexity index is 1700. The highest BCUT2D eigenvalue weighted by atomic mass is 16.6. The minimum Gasteiger partial charge on any atom is -0.506 e. The molecular formula is C38H46O9. The van der Waals surface area contributed by atoms with E-state index in [2.05, 4.69) is 6.08 Å². The van der Waals surface area contributed by atoms with Crippen molar-refractivity contribution in [2.45, 2.75) is 116 Å². The number of aliphatic hydroxyl groups is 1. The van der Waals surface area contributed by atoms with Gasteiger partial charge in [-0.1, -0.05) is 29.4 Å². The average Bonchev–Trinajstić information content (AvgIpc) is 3.10. The average molecular weight is 647 g/mol. The van der Waals surface area contributed by atoms with Gasteiger partial charge in [0.05, 0.1) is 23.2 Å². The van der Waals surface area contributed by atoms with Crippen LogP contribution in [0.1, 0.15) is 103 Å². The van der Waals surface area contributed by atoms with E-state index >= 15 is 0 Å². The Kier molecular flexibility index (Phi) is 7.72. The fraction of sp³-hybridized carbons (Fsp3) is 0.553. The van der Waals surface area contributed by atoms with Gasteiger partial charge in [-0.05, 0) is 93.2 Å². The number of hydrogen-bond donors (Lipinski definition) is 3. The number of aliphatic carboxylic acids is 1. The second kappa shape index (κ2) is 10.9. The first-order valence-corrected chi connectivity index (χ1v) is 16.5. The van der Waals surface area contributed by atoms with Gasteiger partial charge in [0.2, 0.25) is 0 Å². The quantitative estimate of drug-likeness (QED) is 0.220. The molecule has 3 N–H and O–H groups in total. The Labute approximate surface area is 276 Å².